The van der Waals surface area contributed by atoms with E-state index in [2.05, 4.69) is 77.0 Å². The third-order valence-corrected chi connectivity index (χ3v) is 4.62. The molecule has 1 aromatic rings. The molecule has 0 spiro atoms. The smallest absolute Gasteiger partial charge is 0.107 e. The van der Waals surface area contributed by atoms with Gasteiger partial charge in [-0.3, -0.25) is 0 Å². The van der Waals surface area contributed by atoms with Crippen molar-refractivity contribution in [2.45, 2.75) is 61.1 Å². The Morgan fingerprint density at radius 1 is 1.05 bits per heavy atom. The maximum atomic E-state index is 4.24. The third-order valence-electron chi connectivity index (χ3n) is 4.62. The highest BCUT2D eigenvalue weighted by Gasteiger charge is 2.34. The van der Waals surface area contributed by atoms with Crippen LogP contribution in [-0.4, -0.2) is 11.1 Å². The first-order valence-corrected chi connectivity index (χ1v) is 7.81. The molecule has 2 heteroatoms. The average Bonchev–Trinajstić information content (AvgIpc) is 2.61. The van der Waals surface area contributed by atoms with Gasteiger partial charge in [0, 0.05) is 22.8 Å². The first-order chi connectivity index (χ1) is 9.79. The van der Waals surface area contributed by atoms with Gasteiger partial charge in [0.05, 0.1) is 0 Å². The van der Waals surface area contributed by atoms with Crippen LogP contribution >= 0.6 is 0 Å². The van der Waals surface area contributed by atoms with Crippen molar-refractivity contribution in [2.24, 2.45) is 0 Å². The molecule has 0 aromatic heterocycles. The van der Waals surface area contributed by atoms with Gasteiger partial charge in [0.1, 0.15) is 6.17 Å². The number of anilines is 1. The van der Waals surface area contributed by atoms with E-state index in [0.717, 1.165) is 6.42 Å². The van der Waals surface area contributed by atoms with Gasteiger partial charge in [-0.1, -0.05) is 31.2 Å². The summed E-state index contributed by atoms with van der Waals surface area (Å²) in [5.41, 5.74) is 9.18. The van der Waals surface area contributed by atoms with Crippen LogP contribution in [0.1, 0.15) is 50.8 Å². The predicted octanol–water partition coefficient (Wildman–Crippen LogP) is 5.25. The summed E-state index contributed by atoms with van der Waals surface area (Å²) in [6, 6.07) is 4.55. The Hall–Kier alpha value is -1.70. The normalized spacial score (nSPS) is 18.7. The summed E-state index contributed by atoms with van der Waals surface area (Å²) in [5.74, 6) is 0. The van der Waals surface area contributed by atoms with Gasteiger partial charge in [-0.05, 0) is 59.1 Å². The van der Waals surface area contributed by atoms with Crippen LogP contribution in [-0.2, 0) is 0 Å². The van der Waals surface area contributed by atoms with Gasteiger partial charge >= 0.3 is 0 Å². The van der Waals surface area contributed by atoms with Crippen molar-refractivity contribution < 1.29 is 0 Å². The van der Waals surface area contributed by atoms with Crippen molar-refractivity contribution in [1.82, 2.24) is 4.90 Å². The number of hydrogen-bond acceptors (Lipinski definition) is 2. The lowest BCUT2D eigenvalue weighted by Gasteiger charge is -2.34. The summed E-state index contributed by atoms with van der Waals surface area (Å²) in [6.07, 6.45) is 1.27. The zero-order chi connectivity index (χ0) is 15.9. The topological polar surface area (TPSA) is 6.48 Å². The molecule has 1 aliphatic heterocycles. The van der Waals surface area contributed by atoms with Gasteiger partial charge in [-0.15, -0.1) is 0 Å². The van der Waals surface area contributed by atoms with Gasteiger partial charge in [0.15, 0.2) is 0 Å². The van der Waals surface area contributed by atoms with E-state index in [9.17, 15) is 0 Å². The molecule has 0 saturated carbocycles. The second-order valence-corrected chi connectivity index (χ2v) is 6.21. The SMILES string of the molecule is C=C(CC)N1C(C)=C(C)N(c2c(C)cc(C)cc2C)C1C. The van der Waals surface area contributed by atoms with Crippen LogP contribution in [0.2, 0.25) is 0 Å². The summed E-state index contributed by atoms with van der Waals surface area (Å²) in [6.45, 7) is 19.7. The number of nitrogens with zero attached hydrogens (tertiary/aromatic N) is 2. The van der Waals surface area contributed by atoms with Gasteiger partial charge in [0.25, 0.3) is 0 Å². The molecule has 0 N–H and O–H groups in total. The molecule has 2 nitrogen and oxygen atoms in total. The molecule has 1 heterocycles. The van der Waals surface area contributed by atoms with E-state index in [1.807, 2.05) is 0 Å². The minimum atomic E-state index is 0.289. The second-order valence-electron chi connectivity index (χ2n) is 6.21. The van der Waals surface area contributed by atoms with Crippen molar-refractivity contribution in [3.05, 3.63) is 52.5 Å². The van der Waals surface area contributed by atoms with Crippen LogP contribution < -0.4 is 4.90 Å². The predicted molar refractivity (Wildman–Crippen MR) is 92.2 cm³/mol. The molecule has 0 bridgehead atoms. The number of benzene rings is 1. The quantitative estimate of drug-likeness (QED) is 0.747. The van der Waals surface area contributed by atoms with Crippen molar-refractivity contribution in [3.8, 4) is 0 Å². The molecule has 0 saturated heterocycles. The lowest BCUT2D eigenvalue weighted by atomic mass is 10.0. The van der Waals surface area contributed by atoms with Crippen LogP contribution in [0.25, 0.3) is 0 Å². The Morgan fingerprint density at radius 3 is 2.05 bits per heavy atom. The molecule has 0 aliphatic carbocycles. The van der Waals surface area contributed by atoms with Crippen LogP contribution in [0.15, 0.2) is 35.8 Å². The Balaban J connectivity index is 2.54. The lowest BCUT2D eigenvalue weighted by molar-refractivity contribution is 0.357. The summed E-state index contributed by atoms with van der Waals surface area (Å²) < 4.78 is 0. The van der Waals surface area contributed by atoms with E-state index in [0.29, 0.717) is 0 Å². The largest absolute Gasteiger partial charge is 0.327 e. The molecule has 1 aromatic carbocycles. The Kier molecular flexibility index (Phi) is 4.18. The van der Waals surface area contributed by atoms with Crippen molar-refractivity contribution >= 4 is 5.69 Å². The molecule has 1 atom stereocenters. The first kappa shape index (κ1) is 15.7. The van der Waals surface area contributed by atoms with Crippen molar-refractivity contribution in [2.75, 3.05) is 4.90 Å². The second kappa shape index (κ2) is 5.59. The number of allylic oxidation sites excluding steroid dienone is 3. The Labute approximate surface area is 129 Å². The van der Waals surface area contributed by atoms with Crippen LogP contribution in [0.3, 0.4) is 0 Å². The Morgan fingerprint density at radius 2 is 1.57 bits per heavy atom. The molecule has 2 rings (SSSR count). The fraction of sp³-hybridized carbons (Fsp3) is 0.474. The number of aryl methyl sites for hydroxylation is 3. The summed E-state index contributed by atoms with van der Waals surface area (Å²) >= 11 is 0. The van der Waals surface area contributed by atoms with E-state index in [4.69, 9.17) is 0 Å². The monoisotopic (exact) mass is 284 g/mol. The van der Waals surface area contributed by atoms with Gasteiger partial charge < -0.3 is 9.80 Å². The molecule has 114 valence electrons. The van der Waals surface area contributed by atoms with Gasteiger partial charge in [-0.25, -0.2) is 0 Å². The molecule has 0 fully saturated rings. The Bertz CT molecular complexity index is 587. The maximum Gasteiger partial charge on any atom is 0.107 e. The maximum absolute atomic E-state index is 4.24. The summed E-state index contributed by atoms with van der Waals surface area (Å²) in [4.78, 5) is 4.83. The highest BCUT2D eigenvalue weighted by molar-refractivity contribution is 5.66. The van der Waals surface area contributed by atoms with E-state index in [-0.39, 0.29) is 6.17 Å². The van der Waals surface area contributed by atoms with Crippen molar-refractivity contribution in [3.63, 3.8) is 0 Å². The molecule has 0 radical (unpaired) electrons. The zero-order valence-electron chi connectivity index (χ0n) is 14.5. The van der Waals surface area contributed by atoms with Crippen LogP contribution in [0.5, 0.6) is 0 Å². The highest BCUT2D eigenvalue weighted by Crippen LogP contribution is 2.39. The summed E-state index contributed by atoms with van der Waals surface area (Å²) in [7, 11) is 0. The highest BCUT2D eigenvalue weighted by atomic mass is 15.4. The first-order valence-electron chi connectivity index (χ1n) is 7.81. The fourth-order valence-corrected chi connectivity index (χ4v) is 3.60. The molecule has 1 unspecified atom stereocenters. The molecule has 21 heavy (non-hydrogen) atoms. The average molecular weight is 284 g/mol. The van der Waals surface area contributed by atoms with E-state index < -0.39 is 0 Å². The van der Waals surface area contributed by atoms with Gasteiger partial charge in [-0.2, -0.15) is 0 Å². The molecular weight excluding hydrogens is 256 g/mol. The number of rotatable bonds is 3. The van der Waals surface area contributed by atoms with Crippen LogP contribution in [0, 0.1) is 20.8 Å². The van der Waals surface area contributed by atoms with Gasteiger partial charge in [0.2, 0.25) is 0 Å². The minimum absolute atomic E-state index is 0.289. The van der Waals surface area contributed by atoms with Crippen LogP contribution in [0.4, 0.5) is 5.69 Å². The van der Waals surface area contributed by atoms with E-state index in [1.54, 1.807) is 0 Å². The molecule has 1 aliphatic rings. The zero-order valence-corrected chi connectivity index (χ0v) is 14.5. The number of hydrogen-bond donors (Lipinski definition) is 0. The third kappa shape index (κ3) is 2.48. The summed E-state index contributed by atoms with van der Waals surface area (Å²) in [5, 5.41) is 0. The van der Waals surface area contributed by atoms with E-state index in [1.165, 1.54) is 39.5 Å². The standard InChI is InChI=1S/C19H28N2/c1-9-15(5)20-16(6)17(7)21(18(20)8)19-13(3)10-12(2)11-14(19)4/h10-11,18H,5,9H2,1-4,6-8H3. The fourth-order valence-electron chi connectivity index (χ4n) is 3.60. The molecular formula is C19H28N2. The van der Waals surface area contributed by atoms with Crippen molar-refractivity contribution in [1.29, 1.82) is 0 Å². The van der Waals surface area contributed by atoms with E-state index >= 15 is 0 Å². The lowest BCUT2D eigenvalue weighted by Crippen LogP contribution is -2.37. The molecule has 0 amide bonds. The minimum Gasteiger partial charge on any atom is -0.327 e.